The number of rotatable bonds is 8. The van der Waals surface area contributed by atoms with E-state index in [9.17, 15) is 0 Å². The fourth-order valence-corrected chi connectivity index (χ4v) is 2.51. The number of aromatic nitrogens is 3. The van der Waals surface area contributed by atoms with Crippen LogP contribution < -0.4 is 5.32 Å². The summed E-state index contributed by atoms with van der Waals surface area (Å²) in [6.45, 7) is 3.12. The highest BCUT2D eigenvalue weighted by Gasteiger charge is 2.21. The Hall–Kier alpha value is -2.41. The SMILES string of the molecule is CN=C(NCc1ccnc(-n2cccn2)c1)N(C)CCOCC1CC1. The predicted molar refractivity (Wildman–Crippen MR) is 97.7 cm³/mol. The highest BCUT2D eigenvalue weighted by Crippen LogP contribution is 2.28. The Bertz CT molecular complexity index is 681. The second-order valence-electron chi connectivity index (χ2n) is 6.31. The molecule has 1 aliphatic rings. The lowest BCUT2D eigenvalue weighted by Gasteiger charge is -2.22. The Morgan fingerprint density at radius 1 is 1.44 bits per heavy atom. The molecule has 2 aromatic heterocycles. The molecule has 0 spiro atoms. The fraction of sp³-hybridized carbons (Fsp3) is 0.500. The minimum absolute atomic E-state index is 0.677. The largest absolute Gasteiger partial charge is 0.379 e. The molecule has 2 aromatic rings. The van der Waals surface area contributed by atoms with Crippen LogP contribution in [0.2, 0.25) is 0 Å². The minimum Gasteiger partial charge on any atom is -0.379 e. The van der Waals surface area contributed by atoms with E-state index in [-0.39, 0.29) is 0 Å². The molecule has 7 nitrogen and oxygen atoms in total. The third-order valence-electron chi connectivity index (χ3n) is 4.19. The molecule has 1 fully saturated rings. The zero-order valence-electron chi connectivity index (χ0n) is 14.9. The predicted octanol–water partition coefficient (Wildman–Crippen LogP) is 1.70. The number of likely N-dealkylation sites (N-methyl/N-ethyl adjacent to an activating group) is 1. The molecule has 0 amide bonds. The summed E-state index contributed by atoms with van der Waals surface area (Å²) in [5.74, 6) is 2.46. The maximum Gasteiger partial charge on any atom is 0.193 e. The molecule has 7 heteroatoms. The van der Waals surface area contributed by atoms with Gasteiger partial charge in [0.05, 0.1) is 6.61 Å². The molecule has 2 heterocycles. The zero-order chi connectivity index (χ0) is 17.5. The quantitative estimate of drug-likeness (QED) is 0.449. The molecule has 0 saturated heterocycles. The van der Waals surface area contributed by atoms with Crippen LogP contribution in [0.25, 0.3) is 5.82 Å². The first-order chi connectivity index (χ1) is 12.3. The van der Waals surface area contributed by atoms with Crippen LogP contribution in [-0.2, 0) is 11.3 Å². The molecular formula is C18H26N6O. The normalized spacial score (nSPS) is 14.6. The van der Waals surface area contributed by atoms with Gasteiger partial charge in [0.1, 0.15) is 0 Å². The monoisotopic (exact) mass is 342 g/mol. The van der Waals surface area contributed by atoms with Gasteiger partial charge in [-0.1, -0.05) is 0 Å². The topological polar surface area (TPSA) is 67.6 Å². The Labute approximate surface area is 148 Å². The fourth-order valence-electron chi connectivity index (χ4n) is 2.51. The number of hydrogen-bond acceptors (Lipinski definition) is 4. The summed E-state index contributed by atoms with van der Waals surface area (Å²) in [6, 6.07) is 5.90. The maximum absolute atomic E-state index is 5.70. The second kappa shape index (κ2) is 8.62. The Morgan fingerprint density at radius 2 is 2.32 bits per heavy atom. The van der Waals surface area contributed by atoms with Crippen molar-refractivity contribution in [1.82, 2.24) is 25.0 Å². The molecule has 1 aliphatic carbocycles. The number of nitrogens with one attached hydrogen (secondary N) is 1. The van der Waals surface area contributed by atoms with Crippen molar-refractivity contribution in [3.63, 3.8) is 0 Å². The standard InChI is InChI=1S/C18H26N6O/c1-19-18(23(2)10-11-25-14-15-4-5-15)21-13-16-6-8-20-17(12-16)24-9-3-7-22-24/h3,6-9,12,15H,4-5,10-11,13-14H2,1-2H3,(H,19,21). The van der Waals surface area contributed by atoms with Crippen LogP contribution in [0.3, 0.4) is 0 Å². The summed E-state index contributed by atoms with van der Waals surface area (Å²) in [6.07, 6.45) is 8.08. The molecule has 0 aromatic carbocycles. The molecule has 1 N–H and O–H groups in total. The van der Waals surface area contributed by atoms with Crippen molar-refractivity contribution in [2.75, 3.05) is 33.9 Å². The van der Waals surface area contributed by atoms with Crippen molar-refractivity contribution < 1.29 is 4.74 Å². The highest BCUT2D eigenvalue weighted by atomic mass is 16.5. The van der Waals surface area contributed by atoms with Crippen LogP contribution >= 0.6 is 0 Å². The summed E-state index contributed by atoms with van der Waals surface area (Å²) >= 11 is 0. The van der Waals surface area contributed by atoms with E-state index < -0.39 is 0 Å². The molecule has 3 rings (SSSR count). The molecule has 0 atom stereocenters. The number of ether oxygens (including phenoxy) is 1. The van der Waals surface area contributed by atoms with Crippen molar-refractivity contribution in [3.8, 4) is 5.82 Å². The van der Waals surface area contributed by atoms with Crippen LogP contribution in [0.1, 0.15) is 18.4 Å². The number of nitrogens with zero attached hydrogens (tertiary/aromatic N) is 5. The molecule has 0 aliphatic heterocycles. The van der Waals surface area contributed by atoms with Crippen molar-refractivity contribution in [1.29, 1.82) is 0 Å². The molecule has 0 radical (unpaired) electrons. The summed E-state index contributed by atoms with van der Waals surface area (Å²) in [4.78, 5) is 10.8. The van der Waals surface area contributed by atoms with Gasteiger partial charge in [0.15, 0.2) is 11.8 Å². The third kappa shape index (κ3) is 5.29. The molecule has 1 saturated carbocycles. The van der Waals surface area contributed by atoms with Gasteiger partial charge in [-0.2, -0.15) is 5.10 Å². The molecular weight excluding hydrogens is 316 g/mol. The van der Waals surface area contributed by atoms with E-state index in [2.05, 4.69) is 25.3 Å². The van der Waals surface area contributed by atoms with Crippen LogP contribution in [0.5, 0.6) is 0 Å². The Kier molecular flexibility index (Phi) is 6.00. The van der Waals surface area contributed by atoms with Crippen LogP contribution in [-0.4, -0.2) is 59.5 Å². The maximum atomic E-state index is 5.70. The molecule has 0 unspecified atom stereocenters. The lowest BCUT2D eigenvalue weighted by molar-refractivity contribution is 0.115. The summed E-state index contributed by atoms with van der Waals surface area (Å²) in [5, 5.41) is 7.60. The van der Waals surface area contributed by atoms with Crippen molar-refractivity contribution in [2.45, 2.75) is 19.4 Å². The molecule has 25 heavy (non-hydrogen) atoms. The summed E-state index contributed by atoms with van der Waals surface area (Å²) < 4.78 is 7.45. The van der Waals surface area contributed by atoms with Gasteiger partial charge in [-0.05, 0) is 42.5 Å². The third-order valence-corrected chi connectivity index (χ3v) is 4.19. The summed E-state index contributed by atoms with van der Waals surface area (Å²) in [5.41, 5.74) is 1.13. The van der Waals surface area contributed by atoms with Crippen molar-refractivity contribution >= 4 is 5.96 Å². The Morgan fingerprint density at radius 3 is 3.04 bits per heavy atom. The van der Waals surface area contributed by atoms with Crippen LogP contribution in [0.15, 0.2) is 41.8 Å². The van der Waals surface area contributed by atoms with Gasteiger partial charge < -0.3 is 15.0 Å². The van der Waals surface area contributed by atoms with Gasteiger partial charge in [-0.3, -0.25) is 4.99 Å². The Balaban J connectivity index is 1.47. The van der Waals surface area contributed by atoms with E-state index in [4.69, 9.17) is 4.74 Å². The second-order valence-corrected chi connectivity index (χ2v) is 6.31. The van der Waals surface area contributed by atoms with Gasteiger partial charge in [-0.15, -0.1) is 0 Å². The smallest absolute Gasteiger partial charge is 0.193 e. The number of hydrogen-bond donors (Lipinski definition) is 1. The van der Waals surface area contributed by atoms with Gasteiger partial charge in [-0.25, -0.2) is 9.67 Å². The van der Waals surface area contributed by atoms with Crippen LogP contribution in [0, 0.1) is 5.92 Å². The first-order valence-electron chi connectivity index (χ1n) is 8.70. The average molecular weight is 342 g/mol. The summed E-state index contributed by atoms with van der Waals surface area (Å²) in [7, 11) is 3.82. The van der Waals surface area contributed by atoms with Gasteiger partial charge in [0, 0.05) is 52.4 Å². The molecule has 0 bridgehead atoms. The first-order valence-corrected chi connectivity index (χ1v) is 8.70. The zero-order valence-corrected chi connectivity index (χ0v) is 14.9. The highest BCUT2D eigenvalue weighted by molar-refractivity contribution is 5.79. The lowest BCUT2D eigenvalue weighted by atomic mass is 10.2. The van der Waals surface area contributed by atoms with E-state index in [1.807, 2.05) is 31.4 Å². The minimum atomic E-state index is 0.677. The first kappa shape index (κ1) is 17.4. The number of pyridine rings is 1. The molecule has 134 valence electrons. The van der Waals surface area contributed by atoms with Gasteiger partial charge >= 0.3 is 0 Å². The lowest BCUT2D eigenvalue weighted by Crippen LogP contribution is -2.40. The van der Waals surface area contributed by atoms with Crippen molar-refractivity contribution in [2.24, 2.45) is 10.9 Å². The average Bonchev–Trinajstić information content (AvgIpc) is 3.29. The van der Waals surface area contributed by atoms with Gasteiger partial charge in [0.2, 0.25) is 0 Å². The van der Waals surface area contributed by atoms with E-state index in [1.54, 1.807) is 24.1 Å². The van der Waals surface area contributed by atoms with E-state index >= 15 is 0 Å². The van der Waals surface area contributed by atoms with Gasteiger partial charge in [0.25, 0.3) is 0 Å². The van der Waals surface area contributed by atoms with E-state index in [1.165, 1.54) is 12.8 Å². The van der Waals surface area contributed by atoms with Crippen LogP contribution in [0.4, 0.5) is 0 Å². The van der Waals surface area contributed by atoms with E-state index in [0.29, 0.717) is 6.54 Å². The van der Waals surface area contributed by atoms with E-state index in [0.717, 1.165) is 43.0 Å². The number of guanidine groups is 1. The number of aliphatic imine (C=N–C) groups is 1. The van der Waals surface area contributed by atoms with Crippen molar-refractivity contribution in [3.05, 3.63) is 42.4 Å².